The number of aliphatic carboxylic acids is 1. The van der Waals surface area contributed by atoms with Crippen LogP contribution < -0.4 is 0 Å². The molecular formula is C14H13Cl2NO3. The molecule has 1 aromatic rings. The standard InChI is InChI=1S/C14H13Cl2NO3/c1-2-7-17(9-14(19)20)13(18)6-4-10-3-5-11(15)12(16)8-10/h2-6,8H,1,7,9H2,(H,19,20). The molecule has 20 heavy (non-hydrogen) atoms. The van der Waals surface area contributed by atoms with Crippen LogP contribution in [0.2, 0.25) is 10.0 Å². The largest absolute Gasteiger partial charge is 0.480 e. The second kappa shape index (κ2) is 7.72. The van der Waals surface area contributed by atoms with Gasteiger partial charge in [0.25, 0.3) is 0 Å². The lowest BCUT2D eigenvalue weighted by atomic mass is 10.2. The molecule has 0 saturated heterocycles. The Kier molecular flexibility index (Phi) is 6.28. The molecule has 0 radical (unpaired) electrons. The van der Waals surface area contributed by atoms with Crippen LogP contribution in [-0.4, -0.2) is 35.0 Å². The third-order valence-corrected chi connectivity index (χ3v) is 3.09. The van der Waals surface area contributed by atoms with Crippen molar-refractivity contribution in [3.05, 3.63) is 52.5 Å². The Balaban J connectivity index is 2.80. The third-order valence-electron chi connectivity index (χ3n) is 2.35. The highest BCUT2D eigenvalue weighted by Crippen LogP contribution is 2.23. The Labute approximate surface area is 126 Å². The van der Waals surface area contributed by atoms with Crippen molar-refractivity contribution in [2.45, 2.75) is 0 Å². The first-order valence-corrected chi connectivity index (χ1v) is 6.44. The van der Waals surface area contributed by atoms with Gasteiger partial charge in [-0.1, -0.05) is 35.3 Å². The summed E-state index contributed by atoms with van der Waals surface area (Å²) in [5.74, 6) is -1.50. The fourth-order valence-electron chi connectivity index (χ4n) is 1.44. The lowest BCUT2D eigenvalue weighted by Gasteiger charge is -2.16. The van der Waals surface area contributed by atoms with Crippen molar-refractivity contribution < 1.29 is 14.7 Å². The molecule has 0 bridgehead atoms. The zero-order valence-electron chi connectivity index (χ0n) is 10.6. The van der Waals surface area contributed by atoms with Crippen molar-refractivity contribution in [1.29, 1.82) is 0 Å². The molecule has 0 saturated carbocycles. The normalized spacial score (nSPS) is 10.5. The summed E-state index contributed by atoms with van der Waals surface area (Å²) in [6, 6.07) is 4.93. The van der Waals surface area contributed by atoms with Crippen LogP contribution in [0.25, 0.3) is 6.08 Å². The van der Waals surface area contributed by atoms with Gasteiger partial charge >= 0.3 is 5.97 Å². The number of carbonyl (C=O) groups is 2. The summed E-state index contributed by atoms with van der Waals surface area (Å²) in [6.07, 6.45) is 4.29. The second-order valence-corrected chi connectivity index (χ2v) is 4.72. The lowest BCUT2D eigenvalue weighted by molar-refractivity contribution is -0.142. The Hall–Kier alpha value is -1.78. The number of nitrogens with zero attached hydrogens (tertiary/aromatic N) is 1. The molecule has 1 aromatic carbocycles. The highest BCUT2D eigenvalue weighted by molar-refractivity contribution is 6.42. The SMILES string of the molecule is C=CCN(CC(=O)O)C(=O)C=Cc1ccc(Cl)c(Cl)c1. The fraction of sp³-hybridized carbons (Fsp3) is 0.143. The van der Waals surface area contributed by atoms with Crippen LogP contribution >= 0.6 is 23.2 Å². The molecule has 0 atom stereocenters. The number of carboxylic acid groups (broad SMARTS) is 1. The van der Waals surface area contributed by atoms with Gasteiger partial charge in [-0.05, 0) is 23.8 Å². The smallest absolute Gasteiger partial charge is 0.323 e. The number of carboxylic acids is 1. The van der Waals surface area contributed by atoms with Gasteiger partial charge in [0.1, 0.15) is 6.54 Å². The molecule has 0 aliphatic rings. The predicted octanol–water partition coefficient (Wildman–Crippen LogP) is 3.11. The van der Waals surface area contributed by atoms with Gasteiger partial charge in [-0.2, -0.15) is 0 Å². The van der Waals surface area contributed by atoms with E-state index in [0.29, 0.717) is 15.6 Å². The first-order valence-electron chi connectivity index (χ1n) is 5.68. The first kappa shape index (κ1) is 16.3. The number of halogens is 2. The molecular weight excluding hydrogens is 301 g/mol. The quantitative estimate of drug-likeness (QED) is 0.648. The average molecular weight is 314 g/mol. The van der Waals surface area contributed by atoms with E-state index in [2.05, 4.69) is 6.58 Å². The zero-order chi connectivity index (χ0) is 15.1. The number of benzene rings is 1. The minimum absolute atomic E-state index is 0.164. The van der Waals surface area contributed by atoms with E-state index in [0.717, 1.165) is 4.90 Å². The van der Waals surface area contributed by atoms with Gasteiger partial charge in [0.05, 0.1) is 10.0 Å². The number of amides is 1. The Morgan fingerprint density at radius 2 is 2.00 bits per heavy atom. The summed E-state index contributed by atoms with van der Waals surface area (Å²) >= 11 is 11.6. The molecule has 0 aliphatic heterocycles. The molecule has 1 rings (SSSR count). The maximum Gasteiger partial charge on any atom is 0.323 e. The van der Waals surface area contributed by atoms with Crippen LogP contribution in [0.5, 0.6) is 0 Å². The van der Waals surface area contributed by atoms with E-state index in [1.165, 1.54) is 12.2 Å². The first-order chi connectivity index (χ1) is 9.43. The van der Waals surface area contributed by atoms with Crippen LogP contribution in [0.3, 0.4) is 0 Å². The zero-order valence-corrected chi connectivity index (χ0v) is 12.1. The van der Waals surface area contributed by atoms with Gasteiger partial charge in [-0.15, -0.1) is 6.58 Å². The molecule has 1 N–H and O–H groups in total. The van der Waals surface area contributed by atoms with E-state index in [9.17, 15) is 9.59 Å². The van der Waals surface area contributed by atoms with E-state index >= 15 is 0 Å². The van der Waals surface area contributed by atoms with E-state index in [4.69, 9.17) is 28.3 Å². The van der Waals surface area contributed by atoms with Crippen LogP contribution in [0, 0.1) is 0 Å². The molecule has 0 spiro atoms. The second-order valence-electron chi connectivity index (χ2n) is 3.91. The topological polar surface area (TPSA) is 57.6 Å². The maximum absolute atomic E-state index is 11.9. The van der Waals surface area contributed by atoms with Crippen LogP contribution in [-0.2, 0) is 9.59 Å². The number of hydrogen-bond donors (Lipinski definition) is 1. The highest BCUT2D eigenvalue weighted by Gasteiger charge is 2.12. The highest BCUT2D eigenvalue weighted by atomic mass is 35.5. The van der Waals surface area contributed by atoms with Crippen molar-refractivity contribution >= 4 is 41.2 Å². The van der Waals surface area contributed by atoms with Crippen molar-refractivity contribution in [3.8, 4) is 0 Å². The molecule has 4 nitrogen and oxygen atoms in total. The van der Waals surface area contributed by atoms with E-state index in [1.54, 1.807) is 24.3 Å². The average Bonchev–Trinajstić information content (AvgIpc) is 2.39. The summed E-state index contributed by atoms with van der Waals surface area (Å²) in [5.41, 5.74) is 0.696. The third kappa shape index (κ3) is 5.07. The number of rotatable bonds is 6. The molecule has 0 aliphatic carbocycles. The van der Waals surface area contributed by atoms with Gasteiger partial charge in [0.15, 0.2) is 0 Å². The van der Waals surface area contributed by atoms with Crippen LogP contribution in [0.4, 0.5) is 0 Å². The predicted molar refractivity (Wildman–Crippen MR) is 79.9 cm³/mol. The monoisotopic (exact) mass is 313 g/mol. The van der Waals surface area contributed by atoms with Crippen molar-refractivity contribution in [3.63, 3.8) is 0 Å². The fourth-order valence-corrected chi connectivity index (χ4v) is 1.75. The molecule has 0 aromatic heterocycles. The van der Waals surface area contributed by atoms with E-state index in [1.807, 2.05) is 0 Å². The van der Waals surface area contributed by atoms with Gasteiger partial charge < -0.3 is 10.0 Å². The Morgan fingerprint density at radius 3 is 2.55 bits per heavy atom. The van der Waals surface area contributed by atoms with E-state index < -0.39 is 11.9 Å². The molecule has 1 amide bonds. The summed E-state index contributed by atoms with van der Waals surface area (Å²) in [7, 11) is 0. The molecule has 0 fully saturated rings. The number of carbonyl (C=O) groups excluding carboxylic acids is 1. The molecule has 6 heteroatoms. The molecule has 0 unspecified atom stereocenters. The Morgan fingerprint density at radius 1 is 1.30 bits per heavy atom. The summed E-state index contributed by atoms with van der Waals surface area (Å²) in [6.45, 7) is 3.27. The molecule has 0 heterocycles. The van der Waals surface area contributed by atoms with Gasteiger partial charge in [0, 0.05) is 12.6 Å². The van der Waals surface area contributed by atoms with Gasteiger partial charge in [-0.25, -0.2) is 0 Å². The van der Waals surface area contributed by atoms with Crippen molar-refractivity contribution in [2.75, 3.05) is 13.1 Å². The maximum atomic E-state index is 11.9. The summed E-state index contributed by atoms with van der Waals surface area (Å²) in [5, 5.41) is 9.54. The summed E-state index contributed by atoms with van der Waals surface area (Å²) < 4.78 is 0. The van der Waals surface area contributed by atoms with Crippen molar-refractivity contribution in [1.82, 2.24) is 4.90 Å². The minimum atomic E-state index is -1.08. The minimum Gasteiger partial charge on any atom is -0.480 e. The van der Waals surface area contributed by atoms with E-state index in [-0.39, 0.29) is 13.1 Å². The molecule has 106 valence electrons. The lowest BCUT2D eigenvalue weighted by Crippen LogP contribution is -2.34. The van der Waals surface area contributed by atoms with Gasteiger partial charge in [-0.3, -0.25) is 9.59 Å². The summed E-state index contributed by atoms with van der Waals surface area (Å²) in [4.78, 5) is 23.7. The number of hydrogen-bond acceptors (Lipinski definition) is 2. The van der Waals surface area contributed by atoms with Crippen molar-refractivity contribution in [2.24, 2.45) is 0 Å². The van der Waals surface area contributed by atoms with Crippen LogP contribution in [0.1, 0.15) is 5.56 Å². The van der Waals surface area contributed by atoms with Gasteiger partial charge in [0.2, 0.25) is 5.91 Å². The Bertz CT molecular complexity index is 555. The van der Waals surface area contributed by atoms with Crippen LogP contribution in [0.15, 0.2) is 36.9 Å².